The van der Waals surface area contributed by atoms with Gasteiger partial charge < -0.3 is 15.0 Å². The minimum absolute atomic E-state index is 0.169. The van der Waals surface area contributed by atoms with E-state index in [1.807, 2.05) is 14.0 Å². The van der Waals surface area contributed by atoms with E-state index < -0.39 is 0 Å². The zero-order chi connectivity index (χ0) is 14.8. The lowest BCUT2D eigenvalue weighted by Crippen LogP contribution is -2.27. The highest BCUT2D eigenvalue weighted by molar-refractivity contribution is 8.00. The number of nitrogens with one attached hydrogen (secondary N) is 1. The molecular formula is C15H24N2O2S. The minimum Gasteiger partial charge on any atom is -0.383 e. The molecule has 0 atom stereocenters. The van der Waals surface area contributed by atoms with Crippen LogP contribution in [0.2, 0.25) is 0 Å². The van der Waals surface area contributed by atoms with Crippen LogP contribution in [-0.4, -0.2) is 50.4 Å². The predicted octanol–water partition coefficient (Wildman–Crippen LogP) is 1.99. The Balaban J connectivity index is 2.33. The molecule has 1 rings (SSSR count). The number of thioether (sulfide) groups is 1. The van der Waals surface area contributed by atoms with E-state index in [1.165, 1.54) is 5.56 Å². The number of ether oxygens (including phenoxy) is 1. The monoisotopic (exact) mass is 296 g/mol. The summed E-state index contributed by atoms with van der Waals surface area (Å²) in [6, 6.07) is 8.32. The highest BCUT2D eigenvalue weighted by Crippen LogP contribution is 2.18. The number of benzene rings is 1. The van der Waals surface area contributed by atoms with Gasteiger partial charge in [-0.2, -0.15) is 0 Å². The molecule has 0 saturated heterocycles. The molecule has 0 aromatic heterocycles. The van der Waals surface area contributed by atoms with Gasteiger partial charge >= 0.3 is 0 Å². The molecule has 0 heterocycles. The van der Waals surface area contributed by atoms with E-state index in [2.05, 4.69) is 29.6 Å². The maximum absolute atomic E-state index is 11.7. The summed E-state index contributed by atoms with van der Waals surface area (Å²) in [6.45, 7) is 5.15. The van der Waals surface area contributed by atoms with Crippen LogP contribution in [0.3, 0.4) is 0 Å². The fourth-order valence-corrected chi connectivity index (χ4v) is 2.38. The first-order valence-electron chi connectivity index (χ1n) is 6.82. The summed E-state index contributed by atoms with van der Waals surface area (Å²) in [5.41, 5.74) is 1.24. The second kappa shape index (κ2) is 9.80. The van der Waals surface area contributed by atoms with Gasteiger partial charge in [0.25, 0.3) is 0 Å². The summed E-state index contributed by atoms with van der Waals surface area (Å²) in [5.74, 6) is 0.665. The number of amides is 1. The second-order valence-electron chi connectivity index (χ2n) is 4.51. The number of hydrogen-bond acceptors (Lipinski definition) is 4. The highest BCUT2D eigenvalue weighted by Gasteiger charge is 2.06. The third-order valence-electron chi connectivity index (χ3n) is 3.00. The van der Waals surface area contributed by atoms with Crippen LogP contribution in [0.25, 0.3) is 0 Å². The summed E-state index contributed by atoms with van der Waals surface area (Å²) in [4.78, 5) is 14.6. The number of nitrogens with zero attached hydrogens (tertiary/aromatic N) is 1. The van der Waals surface area contributed by atoms with E-state index >= 15 is 0 Å². The van der Waals surface area contributed by atoms with Gasteiger partial charge in [-0.15, -0.1) is 11.8 Å². The summed E-state index contributed by atoms with van der Waals surface area (Å²) < 4.78 is 4.98. The van der Waals surface area contributed by atoms with Crippen molar-refractivity contribution < 1.29 is 9.53 Å². The molecule has 0 aliphatic rings. The third-order valence-corrected chi connectivity index (χ3v) is 3.99. The van der Waals surface area contributed by atoms with Gasteiger partial charge in [0.2, 0.25) is 5.91 Å². The quantitative estimate of drug-likeness (QED) is 0.559. The smallest absolute Gasteiger partial charge is 0.232 e. The van der Waals surface area contributed by atoms with Crippen molar-refractivity contribution in [1.29, 1.82) is 0 Å². The van der Waals surface area contributed by atoms with E-state index in [-0.39, 0.29) is 5.91 Å². The maximum Gasteiger partial charge on any atom is 0.232 e. The van der Waals surface area contributed by atoms with Crippen molar-refractivity contribution in [3.8, 4) is 0 Å². The molecule has 1 aromatic carbocycles. The van der Waals surface area contributed by atoms with Crippen molar-refractivity contribution >= 4 is 17.7 Å². The van der Waals surface area contributed by atoms with E-state index in [9.17, 15) is 4.79 Å². The first-order valence-corrected chi connectivity index (χ1v) is 7.81. The van der Waals surface area contributed by atoms with Crippen LogP contribution in [0.15, 0.2) is 29.2 Å². The number of rotatable bonds is 9. The van der Waals surface area contributed by atoms with Gasteiger partial charge in [0.15, 0.2) is 0 Å². The molecule has 0 bridgehead atoms. The van der Waals surface area contributed by atoms with Crippen LogP contribution in [-0.2, 0) is 16.1 Å². The van der Waals surface area contributed by atoms with Crippen molar-refractivity contribution in [2.45, 2.75) is 18.4 Å². The van der Waals surface area contributed by atoms with Gasteiger partial charge in [0.1, 0.15) is 0 Å². The lowest BCUT2D eigenvalue weighted by atomic mass is 10.2. The second-order valence-corrected chi connectivity index (χ2v) is 5.56. The standard InChI is InChI=1S/C15H24N2O2S/c1-4-17(2)15(18)12-20-14-7-5-13(6-8-14)11-16-9-10-19-3/h5-8,16H,4,9-12H2,1-3H3. The average molecular weight is 296 g/mol. The lowest BCUT2D eigenvalue weighted by molar-refractivity contribution is -0.126. The van der Waals surface area contributed by atoms with Crippen LogP contribution >= 0.6 is 11.8 Å². The van der Waals surface area contributed by atoms with Crippen molar-refractivity contribution in [3.05, 3.63) is 29.8 Å². The Hall–Kier alpha value is -1.04. The van der Waals surface area contributed by atoms with Crippen molar-refractivity contribution in [2.75, 3.05) is 39.6 Å². The van der Waals surface area contributed by atoms with Crippen LogP contribution in [0, 0.1) is 0 Å². The van der Waals surface area contributed by atoms with Crippen LogP contribution in [0.1, 0.15) is 12.5 Å². The Kier molecular flexibility index (Phi) is 8.34. The molecule has 4 nitrogen and oxygen atoms in total. The van der Waals surface area contributed by atoms with Gasteiger partial charge in [0, 0.05) is 38.7 Å². The molecule has 5 heteroatoms. The van der Waals surface area contributed by atoms with E-state index in [4.69, 9.17) is 4.74 Å². The maximum atomic E-state index is 11.7. The van der Waals surface area contributed by atoms with E-state index in [0.717, 1.165) is 31.1 Å². The Labute approximate surface area is 125 Å². The number of hydrogen-bond donors (Lipinski definition) is 1. The van der Waals surface area contributed by atoms with Crippen LogP contribution in [0.4, 0.5) is 0 Å². The van der Waals surface area contributed by atoms with Gasteiger partial charge in [0.05, 0.1) is 12.4 Å². The Morgan fingerprint density at radius 3 is 2.65 bits per heavy atom. The molecule has 0 saturated carbocycles. The number of carbonyl (C=O) groups is 1. The van der Waals surface area contributed by atoms with E-state index in [1.54, 1.807) is 23.8 Å². The Morgan fingerprint density at radius 1 is 1.35 bits per heavy atom. The van der Waals surface area contributed by atoms with Gasteiger partial charge in [-0.3, -0.25) is 4.79 Å². The third kappa shape index (κ3) is 6.41. The molecule has 0 aliphatic heterocycles. The molecule has 0 spiro atoms. The van der Waals surface area contributed by atoms with Crippen LogP contribution in [0.5, 0.6) is 0 Å². The minimum atomic E-state index is 0.169. The lowest BCUT2D eigenvalue weighted by Gasteiger charge is -2.13. The van der Waals surface area contributed by atoms with Crippen molar-refractivity contribution in [1.82, 2.24) is 10.2 Å². The molecule has 112 valence electrons. The van der Waals surface area contributed by atoms with Gasteiger partial charge in [-0.05, 0) is 24.6 Å². The summed E-state index contributed by atoms with van der Waals surface area (Å²) in [6.07, 6.45) is 0. The zero-order valence-corrected chi connectivity index (χ0v) is 13.3. The fourth-order valence-electron chi connectivity index (χ4n) is 1.54. The molecule has 0 unspecified atom stereocenters. The zero-order valence-electron chi connectivity index (χ0n) is 12.5. The first kappa shape index (κ1) is 17.0. The Morgan fingerprint density at radius 2 is 2.05 bits per heavy atom. The average Bonchev–Trinajstić information content (AvgIpc) is 2.49. The largest absolute Gasteiger partial charge is 0.383 e. The Bertz CT molecular complexity index is 395. The van der Waals surface area contributed by atoms with Gasteiger partial charge in [-0.25, -0.2) is 0 Å². The normalized spacial score (nSPS) is 10.6. The first-order chi connectivity index (χ1) is 9.67. The number of carbonyl (C=O) groups excluding carboxylic acids is 1. The predicted molar refractivity (Wildman–Crippen MR) is 84.1 cm³/mol. The molecule has 0 fully saturated rings. The molecule has 1 aromatic rings. The van der Waals surface area contributed by atoms with Crippen molar-refractivity contribution in [2.24, 2.45) is 0 Å². The summed E-state index contributed by atoms with van der Waals surface area (Å²) >= 11 is 1.58. The highest BCUT2D eigenvalue weighted by atomic mass is 32.2. The molecule has 20 heavy (non-hydrogen) atoms. The molecule has 1 amide bonds. The molecule has 0 aliphatic carbocycles. The summed E-state index contributed by atoms with van der Waals surface area (Å²) in [5, 5.41) is 3.30. The SMILES string of the molecule is CCN(C)C(=O)CSc1ccc(CNCCOC)cc1. The van der Waals surface area contributed by atoms with Crippen LogP contribution < -0.4 is 5.32 Å². The fraction of sp³-hybridized carbons (Fsp3) is 0.533. The molecule has 0 radical (unpaired) electrons. The molecule has 1 N–H and O–H groups in total. The summed E-state index contributed by atoms with van der Waals surface area (Å²) in [7, 11) is 3.53. The van der Waals surface area contributed by atoms with E-state index in [0.29, 0.717) is 5.75 Å². The topological polar surface area (TPSA) is 41.6 Å². The van der Waals surface area contributed by atoms with Gasteiger partial charge in [-0.1, -0.05) is 12.1 Å². The van der Waals surface area contributed by atoms with Crippen molar-refractivity contribution in [3.63, 3.8) is 0 Å². The molecular weight excluding hydrogens is 272 g/mol. The number of methoxy groups -OCH3 is 1.